The molecule has 7 heteroatoms. The number of ether oxygens (including phenoxy) is 2. The van der Waals surface area contributed by atoms with Gasteiger partial charge in [0, 0.05) is 12.7 Å². The van der Waals surface area contributed by atoms with Gasteiger partial charge in [-0.05, 0) is 26.2 Å². The van der Waals surface area contributed by atoms with Crippen LogP contribution >= 0.6 is 11.3 Å². The minimum Gasteiger partial charge on any atom is -0.478 e. The Bertz CT molecular complexity index is 475. The van der Waals surface area contributed by atoms with Gasteiger partial charge in [-0.15, -0.1) is 11.3 Å². The average Bonchev–Trinajstić information content (AvgIpc) is 2.58. The summed E-state index contributed by atoms with van der Waals surface area (Å²) in [4.78, 5) is 22.8. The molecule has 0 aliphatic rings. The number of hydrogen-bond donors (Lipinski definition) is 2. The number of anilines is 1. The van der Waals surface area contributed by atoms with Crippen molar-refractivity contribution in [3.8, 4) is 0 Å². The van der Waals surface area contributed by atoms with E-state index < -0.39 is 17.7 Å². The maximum absolute atomic E-state index is 11.6. The maximum atomic E-state index is 11.6. The Balaban J connectivity index is 2.89. The van der Waals surface area contributed by atoms with Crippen LogP contribution in [0.2, 0.25) is 0 Å². The SMILES string of the molecule is COCc1csc(NC(=O)OC(C)(C)C)c1C(=O)O. The van der Waals surface area contributed by atoms with Crippen LogP contribution in [0.3, 0.4) is 0 Å². The van der Waals surface area contributed by atoms with Crippen molar-refractivity contribution in [2.45, 2.75) is 33.0 Å². The molecule has 0 fully saturated rings. The molecule has 0 radical (unpaired) electrons. The molecule has 19 heavy (non-hydrogen) atoms. The van der Waals surface area contributed by atoms with E-state index in [4.69, 9.17) is 14.6 Å². The van der Waals surface area contributed by atoms with Crippen molar-refractivity contribution < 1.29 is 24.2 Å². The van der Waals surface area contributed by atoms with Crippen molar-refractivity contribution in [1.29, 1.82) is 0 Å². The summed E-state index contributed by atoms with van der Waals surface area (Å²) in [6.45, 7) is 5.37. The Labute approximate surface area is 115 Å². The molecule has 106 valence electrons. The van der Waals surface area contributed by atoms with Crippen LogP contribution in [-0.2, 0) is 16.1 Å². The van der Waals surface area contributed by atoms with Gasteiger partial charge >= 0.3 is 12.1 Å². The fourth-order valence-corrected chi connectivity index (χ4v) is 2.30. The van der Waals surface area contributed by atoms with Gasteiger partial charge in [0.1, 0.15) is 10.6 Å². The predicted molar refractivity (Wildman–Crippen MR) is 71.8 cm³/mol. The summed E-state index contributed by atoms with van der Waals surface area (Å²) < 4.78 is 10.00. The lowest BCUT2D eigenvalue weighted by Crippen LogP contribution is -2.27. The maximum Gasteiger partial charge on any atom is 0.412 e. The Morgan fingerprint density at radius 2 is 2.05 bits per heavy atom. The monoisotopic (exact) mass is 287 g/mol. The highest BCUT2D eigenvalue weighted by molar-refractivity contribution is 7.15. The first-order valence-corrected chi connectivity index (χ1v) is 6.45. The number of amides is 1. The van der Waals surface area contributed by atoms with E-state index in [1.165, 1.54) is 7.11 Å². The van der Waals surface area contributed by atoms with Gasteiger partial charge in [0.15, 0.2) is 0 Å². The topological polar surface area (TPSA) is 84.9 Å². The first kappa shape index (κ1) is 15.5. The largest absolute Gasteiger partial charge is 0.478 e. The summed E-state index contributed by atoms with van der Waals surface area (Å²) in [5, 5.41) is 13.5. The van der Waals surface area contributed by atoms with E-state index in [0.29, 0.717) is 5.56 Å². The van der Waals surface area contributed by atoms with Crippen LogP contribution in [0, 0.1) is 0 Å². The van der Waals surface area contributed by atoms with Gasteiger partial charge in [-0.3, -0.25) is 5.32 Å². The van der Waals surface area contributed by atoms with E-state index in [0.717, 1.165) is 11.3 Å². The Morgan fingerprint density at radius 1 is 1.42 bits per heavy atom. The zero-order chi connectivity index (χ0) is 14.6. The summed E-state index contributed by atoms with van der Waals surface area (Å²) in [6.07, 6.45) is -0.680. The van der Waals surface area contributed by atoms with Gasteiger partial charge in [-0.1, -0.05) is 0 Å². The summed E-state index contributed by atoms with van der Waals surface area (Å²) in [5.74, 6) is -1.11. The molecule has 0 aliphatic carbocycles. The van der Waals surface area contributed by atoms with Crippen molar-refractivity contribution in [2.24, 2.45) is 0 Å². The number of aromatic carboxylic acids is 1. The van der Waals surface area contributed by atoms with Crippen LogP contribution in [-0.4, -0.2) is 29.9 Å². The fourth-order valence-electron chi connectivity index (χ4n) is 1.38. The Morgan fingerprint density at radius 3 is 2.53 bits per heavy atom. The van der Waals surface area contributed by atoms with Crippen LogP contribution in [0.5, 0.6) is 0 Å². The van der Waals surface area contributed by atoms with Crippen molar-refractivity contribution in [3.05, 3.63) is 16.5 Å². The first-order chi connectivity index (χ1) is 8.74. The van der Waals surface area contributed by atoms with E-state index in [1.54, 1.807) is 26.2 Å². The number of carboxylic acid groups (broad SMARTS) is 1. The average molecular weight is 287 g/mol. The molecular weight excluding hydrogens is 270 g/mol. The second-order valence-electron chi connectivity index (χ2n) is 4.83. The zero-order valence-corrected chi connectivity index (χ0v) is 12.1. The molecule has 0 aromatic carbocycles. The van der Waals surface area contributed by atoms with E-state index >= 15 is 0 Å². The molecule has 1 amide bonds. The van der Waals surface area contributed by atoms with E-state index in [1.807, 2.05) is 0 Å². The molecule has 1 aromatic rings. The first-order valence-electron chi connectivity index (χ1n) is 5.57. The number of carbonyl (C=O) groups is 2. The standard InChI is InChI=1S/C12H17NO5S/c1-12(2,3)18-11(16)13-9-8(10(14)15)7(5-17-4)6-19-9/h6H,5H2,1-4H3,(H,13,16)(H,14,15). The Kier molecular flexibility index (Phi) is 4.90. The lowest BCUT2D eigenvalue weighted by molar-refractivity contribution is 0.0636. The number of rotatable bonds is 4. The van der Waals surface area contributed by atoms with Crippen molar-refractivity contribution >= 4 is 28.4 Å². The molecule has 1 aromatic heterocycles. The molecule has 0 saturated carbocycles. The minimum absolute atomic E-state index is 0.0395. The molecule has 0 atom stereocenters. The van der Waals surface area contributed by atoms with Gasteiger partial charge in [-0.25, -0.2) is 9.59 Å². The van der Waals surface area contributed by atoms with E-state index in [-0.39, 0.29) is 17.2 Å². The smallest absolute Gasteiger partial charge is 0.412 e. The molecule has 2 N–H and O–H groups in total. The zero-order valence-electron chi connectivity index (χ0n) is 11.3. The third kappa shape index (κ3) is 4.53. The number of thiophene rings is 1. The molecule has 0 bridgehead atoms. The van der Waals surface area contributed by atoms with E-state index in [9.17, 15) is 9.59 Å². The molecule has 0 spiro atoms. The molecular formula is C12H17NO5S. The van der Waals surface area contributed by atoms with Crippen LogP contribution < -0.4 is 5.32 Å². The number of methoxy groups -OCH3 is 1. The van der Waals surface area contributed by atoms with Gasteiger partial charge in [0.2, 0.25) is 0 Å². The lowest BCUT2D eigenvalue weighted by Gasteiger charge is -2.19. The number of nitrogens with one attached hydrogen (secondary N) is 1. The summed E-state index contributed by atoms with van der Waals surface area (Å²) >= 11 is 1.13. The third-order valence-corrected chi connectivity index (χ3v) is 2.94. The molecule has 0 unspecified atom stereocenters. The van der Waals surface area contributed by atoms with Crippen LogP contribution in [0.4, 0.5) is 9.80 Å². The summed E-state index contributed by atoms with van der Waals surface area (Å²) in [7, 11) is 1.48. The van der Waals surface area contributed by atoms with Crippen molar-refractivity contribution in [1.82, 2.24) is 0 Å². The van der Waals surface area contributed by atoms with Gasteiger partial charge in [-0.2, -0.15) is 0 Å². The van der Waals surface area contributed by atoms with Gasteiger partial charge in [0.05, 0.1) is 12.2 Å². The normalized spacial score (nSPS) is 11.2. The van der Waals surface area contributed by atoms with Gasteiger partial charge < -0.3 is 14.6 Å². The Hall–Kier alpha value is -1.60. The number of hydrogen-bond acceptors (Lipinski definition) is 5. The molecule has 1 heterocycles. The van der Waals surface area contributed by atoms with E-state index in [2.05, 4.69) is 5.32 Å². The predicted octanol–water partition coefficient (Wildman–Crippen LogP) is 2.94. The molecule has 1 rings (SSSR count). The summed E-state index contributed by atoms with van der Waals surface area (Å²) in [5.41, 5.74) is -0.0798. The molecule has 6 nitrogen and oxygen atoms in total. The molecule has 0 aliphatic heterocycles. The number of carboxylic acids is 1. The number of carbonyl (C=O) groups excluding carboxylic acids is 1. The highest BCUT2D eigenvalue weighted by Crippen LogP contribution is 2.29. The summed E-state index contributed by atoms with van der Waals surface area (Å²) in [6, 6.07) is 0. The van der Waals surface area contributed by atoms with Gasteiger partial charge in [0.25, 0.3) is 0 Å². The van der Waals surface area contributed by atoms with Crippen molar-refractivity contribution in [2.75, 3.05) is 12.4 Å². The quantitative estimate of drug-likeness (QED) is 0.889. The highest BCUT2D eigenvalue weighted by atomic mass is 32.1. The van der Waals surface area contributed by atoms with Crippen LogP contribution in [0.1, 0.15) is 36.7 Å². The minimum atomic E-state index is -1.11. The second kappa shape index (κ2) is 6.03. The third-order valence-electron chi connectivity index (χ3n) is 2.00. The fraction of sp³-hybridized carbons (Fsp3) is 0.500. The lowest BCUT2D eigenvalue weighted by atomic mass is 10.2. The highest BCUT2D eigenvalue weighted by Gasteiger charge is 2.22. The van der Waals surface area contributed by atoms with Crippen LogP contribution in [0.15, 0.2) is 5.38 Å². The van der Waals surface area contributed by atoms with Crippen molar-refractivity contribution in [3.63, 3.8) is 0 Å². The molecule has 0 saturated heterocycles. The van der Waals surface area contributed by atoms with Crippen LogP contribution in [0.25, 0.3) is 0 Å². The second-order valence-corrected chi connectivity index (χ2v) is 5.71.